The first kappa shape index (κ1) is 21.8. The van der Waals surface area contributed by atoms with Gasteiger partial charge >= 0.3 is 0 Å². The van der Waals surface area contributed by atoms with Crippen molar-refractivity contribution in [3.63, 3.8) is 0 Å². The summed E-state index contributed by atoms with van der Waals surface area (Å²) in [6, 6.07) is 19.7. The van der Waals surface area contributed by atoms with Crippen LogP contribution in [0.4, 0.5) is 0 Å². The summed E-state index contributed by atoms with van der Waals surface area (Å²) in [4.78, 5) is 6.68. The molecule has 0 radical (unpaired) electrons. The van der Waals surface area contributed by atoms with Crippen molar-refractivity contribution >= 4 is 16.8 Å². The van der Waals surface area contributed by atoms with E-state index in [4.69, 9.17) is 15.2 Å². The molecule has 1 aliphatic heterocycles. The summed E-state index contributed by atoms with van der Waals surface area (Å²) in [6.07, 6.45) is 4.72. The smallest absolute Gasteiger partial charge is 0.121 e. The first-order valence-corrected chi connectivity index (χ1v) is 12.4. The van der Waals surface area contributed by atoms with Crippen LogP contribution < -0.4 is 0 Å². The van der Waals surface area contributed by atoms with Gasteiger partial charge in [-0.05, 0) is 37.8 Å². The van der Waals surface area contributed by atoms with Gasteiger partial charge in [0, 0.05) is 22.8 Å². The van der Waals surface area contributed by atoms with Crippen LogP contribution in [0.5, 0.6) is 0 Å². The van der Waals surface area contributed by atoms with Crippen LogP contribution in [0, 0.1) is 5.92 Å². The highest BCUT2D eigenvalue weighted by Crippen LogP contribution is 2.30. The Labute approximate surface area is 190 Å². The molecule has 4 nitrogen and oxygen atoms in total. The molecular weight excluding hydrogens is 400 g/mol. The van der Waals surface area contributed by atoms with Gasteiger partial charge in [0.1, 0.15) is 11.4 Å². The molecule has 0 saturated carbocycles. The van der Waals surface area contributed by atoms with E-state index in [0.717, 1.165) is 35.5 Å². The van der Waals surface area contributed by atoms with E-state index in [1.807, 2.05) is 17.8 Å². The van der Waals surface area contributed by atoms with Crippen molar-refractivity contribution in [2.45, 2.75) is 59.0 Å². The Balaban J connectivity index is 1.42. The predicted molar refractivity (Wildman–Crippen MR) is 133 cm³/mol. The average molecular weight is 433 g/mol. The van der Waals surface area contributed by atoms with Gasteiger partial charge in [0.05, 0.1) is 17.6 Å². The molecule has 3 aromatic rings. The fourth-order valence-corrected chi connectivity index (χ4v) is 5.12. The number of rotatable bonds is 9. The number of hydrogen-bond donors (Lipinski definition) is 0. The van der Waals surface area contributed by atoms with Gasteiger partial charge in [0.15, 0.2) is 0 Å². The van der Waals surface area contributed by atoms with Gasteiger partial charge in [-0.15, -0.1) is 11.8 Å². The van der Waals surface area contributed by atoms with E-state index in [2.05, 4.69) is 69.3 Å². The molecule has 0 aliphatic carbocycles. The third kappa shape index (κ3) is 5.45. The molecule has 0 fully saturated rings. The summed E-state index contributed by atoms with van der Waals surface area (Å²) in [6.45, 7) is 7.32. The van der Waals surface area contributed by atoms with Crippen LogP contribution in [0.3, 0.4) is 0 Å². The van der Waals surface area contributed by atoms with Gasteiger partial charge in [0.25, 0.3) is 0 Å². The lowest BCUT2D eigenvalue weighted by Gasteiger charge is -2.07. The van der Waals surface area contributed by atoms with Crippen molar-refractivity contribution in [2.75, 3.05) is 5.75 Å². The zero-order valence-electron chi connectivity index (χ0n) is 18.8. The Kier molecular flexibility index (Phi) is 7.23. The molecule has 0 saturated heterocycles. The maximum absolute atomic E-state index is 4.90. The molecule has 2 heterocycles. The molecule has 0 bridgehead atoms. The second-order valence-electron chi connectivity index (χ2n) is 8.48. The summed E-state index contributed by atoms with van der Waals surface area (Å²) in [7, 11) is 0. The van der Waals surface area contributed by atoms with Crippen molar-refractivity contribution in [3.05, 3.63) is 60.2 Å². The van der Waals surface area contributed by atoms with Crippen molar-refractivity contribution in [2.24, 2.45) is 10.9 Å². The van der Waals surface area contributed by atoms with Crippen LogP contribution in [0.25, 0.3) is 22.5 Å². The Hall–Kier alpha value is -2.40. The molecule has 5 heteroatoms. The maximum atomic E-state index is 4.90. The molecule has 1 atom stereocenters. The number of hydrogen-bond acceptors (Lipinski definition) is 4. The quantitative estimate of drug-likeness (QED) is 0.362. The van der Waals surface area contributed by atoms with E-state index in [1.54, 1.807) is 4.80 Å². The van der Waals surface area contributed by atoms with Gasteiger partial charge in [-0.3, -0.25) is 4.99 Å². The molecule has 31 heavy (non-hydrogen) atoms. The summed E-state index contributed by atoms with van der Waals surface area (Å²) < 4.78 is 0. The van der Waals surface area contributed by atoms with E-state index in [0.29, 0.717) is 12.0 Å². The standard InChI is InChI=1S/C26H32N4S/c1-4-30-28-24(21-13-6-5-7-14-21)25(29-30)22-15-10-12-20(17-22)11-8-9-16-23-18-31-26(27-23)19(2)3/h5-7,10,12-15,17,19,23H,4,8-9,11,16,18H2,1-3H3. The number of unbranched alkanes of at least 4 members (excludes halogenated alkanes) is 1. The lowest BCUT2D eigenvalue weighted by molar-refractivity contribution is 0.572. The van der Waals surface area contributed by atoms with Crippen LogP contribution in [-0.2, 0) is 13.0 Å². The highest BCUT2D eigenvalue weighted by atomic mass is 32.2. The van der Waals surface area contributed by atoms with E-state index in [9.17, 15) is 0 Å². The molecule has 2 aromatic carbocycles. The monoisotopic (exact) mass is 432 g/mol. The number of benzene rings is 2. The molecule has 1 unspecified atom stereocenters. The average Bonchev–Trinajstić information content (AvgIpc) is 3.45. The first-order chi connectivity index (χ1) is 15.1. The van der Waals surface area contributed by atoms with Gasteiger partial charge in [-0.1, -0.05) is 68.8 Å². The van der Waals surface area contributed by atoms with Crippen molar-refractivity contribution in [1.29, 1.82) is 0 Å². The van der Waals surface area contributed by atoms with Crippen LogP contribution in [0.15, 0.2) is 59.6 Å². The molecule has 162 valence electrons. The lowest BCUT2D eigenvalue weighted by Crippen LogP contribution is -2.03. The Morgan fingerprint density at radius 2 is 1.71 bits per heavy atom. The van der Waals surface area contributed by atoms with Crippen molar-refractivity contribution in [1.82, 2.24) is 15.0 Å². The van der Waals surface area contributed by atoms with E-state index >= 15 is 0 Å². The van der Waals surface area contributed by atoms with Gasteiger partial charge in [-0.25, -0.2) is 0 Å². The van der Waals surface area contributed by atoms with Crippen molar-refractivity contribution < 1.29 is 0 Å². The van der Waals surface area contributed by atoms with Crippen LogP contribution >= 0.6 is 11.8 Å². The Morgan fingerprint density at radius 1 is 0.968 bits per heavy atom. The minimum Gasteiger partial charge on any atom is -0.278 e. The minimum absolute atomic E-state index is 0.520. The number of aryl methyl sites for hydroxylation is 2. The molecule has 1 aromatic heterocycles. The van der Waals surface area contributed by atoms with E-state index in [1.165, 1.54) is 35.6 Å². The fourth-order valence-electron chi connectivity index (χ4n) is 3.96. The highest BCUT2D eigenvalue weighted by Gasteiger charge is 2.19. The van der Waals surface area contributed by atoms with Gasteiger partial charge < -0.3 is 0 Å². The third-order valence-corrected chi connectivity index (χ3v) is 7.09. The second kappa shape index (κ2) is 10.3. The maximum Gasteiger partial charge on any atom is 0.121 e. The number of nitrogens with zero attached hydrogens (tertiary/aromatic N) is 4. The third-order valence-electron chi connectivity index (χ3n) is 5.67. The van der Waals surface area contributed by atoms with E-state index in [-0.39, 0.29) is 0 Å². The van der Waals surface area contributed by atoms with Crippen LogP contribution in [0.1, 0.15) is 45.6 Å². The fraction of sp³-hybridized carbons (Fsp3) is 0.423. The number of aliphatic imine (C=N–C) groups is 1. The summed E-state index contributed by atoms with van der Waals surface area (Å²) in [5.74, 6) is 1.74. The molecular formula is C26H32N4S. The number of aromatic nitrogens is 3. The summed E-state index contributed by atoms with van der Waals surface area (Å²) >= 11 is 1.95. The largest absolute Gasteiger partial charge is 0.278 e. The lowest BCUT2D eigenvalue weighted by atomic mass is 10.00. The molecule has 1 aliphatic rings. The molecule has 0 spiro atoms. The normalized spacial score (nSPS) is 16.1. The van der Waals surface area contributed by atoms with Crippen molar-refractivity contribution in [3.8, 4) is 22.5 Å². The molecule has 4 rings (SSSR count). The summed E-state index contributed by atoms with van der Waals surface area (Å²) in [5.41, 5.74) is 5.55. The van der Waals surface area contributed by atoms with Gasteiger partial charge in [-0.2, -0.15) is 15.0 Å². The predicted octanol–water partition coefficient (Wildman–Crippen LogP) is 6.51. The SMILES string of the molecule is CCn1nc(-c2ccccc2)c(-c2cccc(CCCCC3CSC(C(C)C)=N3)c2)n1. The van der Waals surface area contributed by atoms with E-state index < -0.39 is 0 Å². The van der Waals surface area contributed by atoms with Gasteiger partial charge in [0.2, 0.25) is 0 Å². The highest BCUT2D eigenvalue weighted by molar-refractivity contribution is 8.14. The summed E-state index contributed by atoms with van der Waals surface area (Å²) in [5, 5.41) is 10.8. The molecule has 0 amide bonds. The van der Waals surface area contributed by atoms with Crippen LogP contribution in [-0.4, -0.2) is 31.8 Å². The minimum atomic E-state index is 0.520. The topological polar surface area (TPSA) is 43.1 Å². The first-order valence-electron chi connectivity index (χ1n) is 11.4. The van der Waals surface area contributed by atoms with Crippen LogP contribution in [0.2, 0.25) is 0 Å². The zero-order valence-corrected chi connectivity index (χ0v) is 19.6. The molecule has 0 N–H and O–H groups in total. The second-order valence-corrected chi connectivity index (χ2v) is 9.53. The Bertz CT molecular complexity index is 1020. The Morgan fingerprint density at radius 3 is 2.42 bits per heavy atom. The number of thioether (sulfide) groups is 1. The zero-order chi connectivity index (χ0) is 21.6.